The van der Waals surface area contributed by atoms with E-state index in [4.69, 9.17) is 19.2 Å². The molecule has 0 aliphatic carbocycles. The van der Waals surface area contributed by atoms with E-state index in [-0.39, 0.29) is 55.6 Å². The van der Waals surface area contributed by atoms with Crippen molar-refractivity contribution in [3.63, 3.8) is 0 Å². The zero-order chi connectivity index (χ0) is 4.50. The first-order valence-corrected chi connectivity index (χ1v) is 2.19. The molecule has 88 valence electrons. The van der Waals surface area contributed by atoms with Crippen molar-refractivity contribution in [2.24, 2.45) is 0 Å². The number of halogens is 2. The van der Waals surface area contributed by atoms with Gasteiger partial charge in [-0.05, 0) is 0 Å². The minimum atomic E-state index is -5.39. The van der Waals surface area contributed by atoms with Gasteiger partial charge in [-0.25, -0.2) is 0 Å². The van der Waals surface area contributed by atoms with Crippen LogP contribution in [-0.4, -0.2) is 0 Å². The maximum absolute atomic E-state index is 8.55. The minimum absolute atomic E-state index is 0. The average molecular weight is 256 g/mol. The highest BCUT2D eigenvalue weighted by atomic mass is 35.5. The molecule has 0 aliphatic heterocycles. The van der Waals surface area contributed by atoms with Gasteiger partial charge in [0.15, 0.2) is 0 Å². The Labute approximate surface area is 83.3 Å². The van der Waals surface area contributed by atoms with E-state index in [1.807, 2.05) is 0 Å². The summed E-state index contributed by atoms with van der Waals surface area (Å²) in [5.74, 6) is 0. The molecule has 12 heteroatoms. The van der Waals surface area contributed by atoms with Gasteiger partial charge in [0.05, 0.1) is 0 Å². The summed E-state index contributed by atoms with van der Waals surface area (Å²) in [6.07, 6.45) is 0. The lowest BCUT2D eigenvalue weighted by Gasteiger charge is -2.36. The lowest BCUT2D eigenvalue weighted by Crippen LogP contribution is -3.00. The van der Waals surface area contributed by atoms with Gasteiger partial charge in [-0.2, -0.15) is 7.82 Å². The Bertz CT molecular complexity index is 67.6. The number of hydrogen-bond donors (Lipinski definition) is 5. The maximum atomic E-state index is 8.55. The van der Waals surface area contributed by atoms with Gasteiger partial charge in [0.25, 0.3) is 0 Å². The fraction of sp³-hybridized carbons (Fsp3) is 0. The Morgan fingerprint density at radius 1 is 0.667 bits per heavy atom. The molecular weight excluding hydrogens is 236 g/mol. The third-order valence-electron chi connectivity index (χ3n) is 0. The third-order valence-corrected chi connectivity index (χ3v) is 0. The van der Waals surface area contributed by atoms with Crippen molar-refractivity contribution in [3.8, 4) is 0 Å². The summed E-state index contributed by atoms with van der Waals surface area (Å²) in [7, 11) is -5.39. The fourth-order valence-corrected chi connectivity index (χ4v) is 0. The summed E-state index contributed by atoms with van der Waals surface area (Å²) in [4.78, 5) is 25.6. The lowest BCUT2D eigenvalue weighted by atomic mass is 14.0. The predicted molar refractivity (Wildman–Crippen MR) is 37.5 cm³/mol. The van der Waals surface area contributed by atoms with Crippen LogP contribution in [-0.2, 0) is 4.57 Å². The van der Waals surface area contributed by atoms with E-state index in [2.05, 4.69) is 0 Å². The molecule has 0 fully saturated rings. The Kier molecular flexibility index (Phi) is 205. The van der Waals surface area contributed by atoms with Crippen LogP contribution in [0.15, 0.2) is 0 Å². The van der Waals surface area contributed by atoms with Gasteiger partial charge in [-0.1, -0.05) is 0 Å². The van der Waals surface area contributed by atoms with Gasteiger partial charge in [0.2, 0.25) is 0 Å². The first-order valence-electron chi connectivity index (χ1n) is 0.730. The lowest BCUT2D eigenvalue weighted by molar-refractivity contribution is -0.432. The second kappa shape index (κ2) is 30.0. The van der Waals surface area contributed by atoms with Crippen molar-refractivity contribution in [3.05, 3.63) is 0 Å². The van der Waals surface area contributed by atoms with Crippen LogP contribution in [0.3, 0.4) is 0 Å². The molecule has 0 atom stereocenters. The van der Waals surface area contributed by atoms with E-state index in [9.17, 15) is 0 Å². The summed E-state index contributed by atoms with van der Waals surface area (Å²) in [6, 6.07) is 0. The molecule has 0 spiro atoms. The highest BCUT2D eigenvalue weighted by Crippen LogP contribution is 2.03. The molecule has 0 aromatic heterocycles. The number of hydrogen-bond acceptors (Lipinski definition) is 4. The zero-order valence-electron chi connectivity index (χ0n) is 7.84. The van der Waals surface area contributed by atoms with E-state index < -0.39 is 7.82 Å². The zero-order valence-corrected chi connectivity index (χ0v) is 10.2. The Balaban J connectivity index is -0.00000000381. The van der Waals surface area contributed by atoms with E-state index >= 15 is 0 Å². The van der Waals surface area contributed by atoms with Crippen LogP contribution in [0.4, 0.5) is 0 Å². The van der Waals surface area contributed by atoms with Gasteiger partial charge < -0.3 is 74.8 Å². The smallest absolute Gasteiger partial charge is 0.159 e. The Morgan fingerprint density at radius 2 is 0.667 bits per heavy atom. The van der Waals surface area contributed by atoms with Crippen LogP contribution in [0, 0.1) is 0 Å². The standard InChI is InChI=1S/2ClH.5H3N.H3O4P/c;;;;;;;1-5(2,3)4/h2*1H;5*1H3;(H3,1,2,3,4). The molecule has 0 bridgehead atoms. The van der Waals surface area contributed by atoms with Crippen molar-refractivity contribution in [1.29, 1.82) is 0 Å². The van der Waals surface area contributed by atoms with Crippen LogP contribution in [0.2, 0.25) is 0 Å². The molecule has 20 N–H and O–H groups in total. The fourth-order valence-electron chi connectivity index (χ4n) is 0. The highest BCUT2D eigenvalue weighted by molar-refractivity contribution is 7.40. The Hall–Kier alpha value is 0.490. The molecule has 0 aromatic carbocycles. The van der Waals surface area contributed by atoms with Crippen LogP contribution >= 0.6 is 7.82 Å². The van der Waals surface area contributed by atoms with Crippen molar-refractivity contribution in [1.82, 2.24) is 30.8 Å². The van der Waals surface area contributed by atoms with Crippen molar-refractivity contribution in [2.45, 2.75) is 0 Å². The molecule has 0 unspecified atom stereocenters. The van der Waals surface area contributed by atoms with Gasteiger partial charge in [0, 0.05) is 0 Å². The molecule has 0 rings (SSSR count). The third kappa shape index (κ3) is 3930. The Morgan fingerprint density at radius 3 is 0.667 bits per heavy atom. The maximum Gasteiger partial charge on any atom is -0.159 e. The van der Waals surface area contributed by atoms with Crippen molar-refractivity contribution >= 4 is 7.82 Å². The first kappa shape index (κ1) is 81.8. The molecule has 9 nitrogen and oxygen atoms in total. The van der Waals surface area contributed by atoms with Crippen LogP contribution in [0.1, 0.15) is 0 Å². The highest BCUT2D eigenvalue weighted by Gasteiger charge is 1.44. The van der Waals surface area contributed by atoms with E-state index in [0.717, 1.165) is 0 Å². The largest absolute Gasteiger partial charge is 1.00 e. The van der Waals surface area contributed by atoms with E-state index in [1.165, 1.54) is 0 Å². The van der Waals surface area contributed by atoms with Gasteiger partial charge in [-0.3, -0.25) is 0 Å². The summed E-state index contributed by atoms with van der Waals surface area (Å²) in [6.45, 7) is 0. The molecule has 0 heterocycles. The van der Waals surface area contributed by atoms with Gasteiger partial charge >= 0.3 is 0 Å². The van der Waals surface area contributed by atoms with E-state index in [0.29, 0.717) is 0 Å². The second-order valence-corrected chi connectivity index (χ2v) is 1.34. The predicted octanol–water partition coefficient (Wildman–Crippen LogP) is -6.94. The molecule has 12 heavy (non-hydrogen) atoms. The molecule has 0 saturated carbocycles. The van der Waals surface area contributed by atoms with Gasteiger partial charge in [0.1, 0.15) is 0 Å². The summed E-state index contributed by atoms with van der Waals surface area (Å²) in [5, 5.41) is 0. The molecule has 0 radical (unpaired) electrons. The van der Waals surface area contributed by atoms with Crippen molar-refractivity contribution < 1.29 is 44.1 Å². The van der Waals surface area contributed by atoms with Crippen molar-refractivity contribution in [2.75, 3.05) is 0 Å². The van der Waals surface area contributed by atoms with Crippen LogP contribution in [0.25, 0.3) is 0 Å². The van der Waals surface area contributed by atoms with E-state index in [1.54, 1.807) is 0 Å². The second-order valence-electron chi connectivity index (χ2n) is 0.447. The summed E-state index contributed by atoms with van der Waals surface area (Å²) >= 11 is 0. The summed E-state index contributed by atoms with van der Waals surface area (Å²) in [5.41, 5.74) is 0. The molecule has 0 aromatic rings. The van der Waals surface area contributed by atoms with Crippen LogP contribution < -0.4 is 70.2 Å². The normalized spacial score (nSPS) is 4.92. The van der Waals surface area contributed by atoms with Gasteiger partial charge in [-0.15, -0.1) is 0 Å². The summed E-state index contributed by atoms with van der Waals surface area (Å²) < 4.78 is 8.55. The number of phosphoric acid groups is 1. The molecule has 0 aliphatic rings. The topological polar surface area (TPSA) is 269 Å². The first-order chi connectivity index (χ1) is 2.00. The molecule has 0 saturated heterocycles. The molecule has 0 amide bonds. The molecular formula is H20Cl2N5O4P. The quantitative estimate of drug-likeness (QED) is 0.264. The van der Waals surface area contributed by atoms with Crippen LogP contribution in [0.5, 0.6) is 0 Å². The average Bonchev–Trinajstić information content (AvgIpc) is 0.722. The number of rotatable bonds is 0. The minimum Gasteiger partial charge on any atom is -1.00 e. The number of quaternary nitrogens is 5. The SMILES string of the molecule is O=P([O-])([O-])[O-].[Cl-].[Cl-].[NH4+].[NH4+].[NH4+].[NH4+].[NH4+]. The monoisotopic (exact) mass is 255 g/mol.